The summed E-state index contributed by atoms with van der Waals surface area (Å²) >= 11 is 0. The fraction of sp³-hybridized carbons (Fsp3) is 0.129. The molecular formula is C62H52N2. The summed E-state index contributed by atoms with van der Waals surface area (Å²) in [5.41, 5.74) is 18.1. The lowest BCUT2D eigenvalue weighted by molar-refractivity contribution is 0.686. The van der Waals surface area contributed by atoms with E-state index in [1.165, 1.54) is 139 Å². The number of fused-ring (bicyclic) bond motifs is 4. The summed E-state index contributed by atoms with van der Waals surface area (Å²) in [5.74, 6) is 0. The quantitative estimate of drug-likeness (QED) is 0.100. The lowest BCUT2D eigenvalue weighted by Gasteiger charge is -2.30. The third kappa shape index (κ3) is 8.16. The van der Waals surface area contributed by atoms with Crippen LogP contribution in [0, 0.1) is 0 Å². The maximum Gasteiger partial charge on any atom is 0.0496 e. The van der Waals surface area contributed by atoms with Crippen LogP contribution in [0.15, 0.2) is 194 Å². The second kappa shape index (κ2) is 17.8. The predicted octanol–water partition coefficient (Wildman–Crippen LogP) is 17.0. The van der Waals surface area contributed by atoms with Crippen molar-refractivity contribution in [3.8, 4) is 0 Å². The average Bonchev–Trinajstić information content (AvgIpc) is 3.36. The summed E-state index contributed by atoms with van der Waals surface area (Å²) in [5, 5.41) is 4.99. The summed E-state index contributed by atoms with van der Waals surface area (Å²) in [6, 6.07) is 71.5. The molecule has 11 rings (SSSR count). The van der Waals surface area contributed by atoms with Crippen molar-refractivity contribution in [3.63, 3.8) is 0 Å². The number of anilines is 6. The highest BCUT2D eigenvalue weighted by atomic mass is 15.1. The number of benzene rings is 9. The van der Waals surface area contributed by atoms with Crippen molar-refractivity contribution in [2.45, 2.75) is 51.4 Å². The van der Waals surface area contributed by atoms with Crippen LogP contribution in [0.1, 0.15) is 70.2 Å². The molecule has 0 heterocycles. The van der Waals surface area contributed by atoms with Crippen LogP contribution in [0.3, 0.4) is 0 Å². The van der Waals surface area contributed by atoms with Gasteiger partial charge in [0.25, 0.3) is 0 Å². The zero-order chi connectivity index (χ0) is 42.7. The van der Waals surface area contributed by atoms with Gasteiger partial charge in [-0.25, -0.2) is 0 Å². The molecule has 0 aromatic heterocycles. The number of rotatable bonds is 10. The van der Waals surface area contributed by atoms with E-state index < -0.39 is 0 Å². The molecule has 2 aliphatic carbocycles. The highest BCUT2D eigenvalue weighted by Gasteiger charge is 2.21. The molecule has 64 heavy (non-hydrogen) atoms. The van der Waals surface area contributed by atoms with E-state index >= 15 is 0 Å². The molecule has 9 aromatic carbocycles. The molecule has 0 atom stereocenters. The van der Waals surface area contributed by atoms with Gasteiger partial charge < -0.3 is 9.80 Å². The highest BCUT2D eigenvalue weighted by Crippen LogP contribution is 2.42. The monoisotopic (exact) mass is 824 g/mol. The number of para-hydroxylation sites is 2. The molecule has 0 N–H and O–H groups in total. The van der Waals surface area contributed by atoms with Crippen LogP contribution in [0.25, 0.3) is 45.8 Å². The fourth-order valence-electron chi connectivity index (χ4n) is 10.0. The fourth-order valence-corrected chi connectivity index (χ4v) is 10.0. The van der Waals surface area contributed by atoms with E-state index in [-0.39, 0.29) is 0 Å². The Hall–Kier alpha value is -7.42. The smallest absolute Gasteiger partial charge is 0.0496 e. The Bertz CT molecular complexity index is 2930. The van der Waals surface area contributed by atoms with Gasteiger partial charge in [-0.3, -0.25) is 0 Å². The predicted molar refractivity (Wildman–Crippen MR) is 275 cm³/mol. The van der Waals surface area contributed by atoms with Crippen LogP contribution in [0.2, 0.25) is 0 Å². The maximum atomic E-state index is 2.43. The Morgan fingerprint density at radius 3 is 1.09 bits per heavy atom. The Morgan fingerprint density at radius 1 is 0.281 bits per heavy atom. The first-order valence-electron chi connectivity index (χ1n) is 23.2. The van der Waals surface area contributed by atoms with Gasteiger partial charge in [0.1, 0.15) is 0 Å². The summed E-state index contributed by atoms with van der Waals surface area (Å²) in [6.45, 7) is 0. The van der Waals surface area contributed by atoms with Crippen LogP contribution in [-0.2, 0) is 25.7 Å². The summed E-state index contributed by atoms with van der Waals surface area (Å²) in [4.78, 5) is 4.86. The summed E-state index contributed by atoms with van der Waals surface area (Å²) < 4.78 is 0. The lowest BCUT2D eigenvalue weighted by Crippen LogP contribution is -2.15. The Labute approximate surface area is 378 Å². The third-order valence-electron chi connectivity index (χ3n) is 13.3. The van der Waals surface area contributed by atoms with Crippen molar-refractivity contribution in [3.05, 3.63) is 239 Å². The molecule has 0 saturated heterocycles. The first kappa shape index (κ1) is 39.4. The number of hydrogen-bond acceptors (Lipinski definition) is 2. The van der Waals surface area contributed by atoms with Crippen LogP contribution in [0.5, 0.6) is 0 Å². The minimum Gasteiger partial charge on any atom is -0.310 e. The van der Waals surface area contributed by atoms with Crippen LogP contribution >= 0.6 is 0 Å². The van der Waals surface area contributed by atoms with E-state index in [9.17, 15) is 0 Å². The van der Waals surface area contributed by atoms with Crippen LogP contribution in [0.4, 0.5) is 34.1 Å². The molecule has 0 aliphatic heterocycles. The maximum absolute atomic E-state index is 2.43. The molecular weight excluding hydrogens is 773 g/mol. The van der Waals surface area contributed by atoms with Gasteiger partial charge in [-0.1, -0.05) is 133 Å². The van der Waals surface area contributed by atoms with Crippen molar-refractivity contribution in [1.29, 1.82) is 0 Å². The van der Waals surface area contributed by atoms with Crippen molar-refractivity contribution in [2.75, 3.05) is 9.80 Å². The summed E-state index contributed by atoms with van der Waals surface area (Å²) in [7, 11) is 0. The van der Waals surface area contributed by atoms with Crippen molar-refractivity contribution in [2.24, 2.45) is 0 Å². The Kier molecular flexibility index (Phi) is 10.9. The van der Waals surface area contributed by atoms with E-state index in [0.29, 0.717) is 0 Å². The highest BCUT2D eigenvalue weighted by molar-refractivity contribution is 6.00. The number of hydrogen-bond donors (Lipinski definition) is 0. The van der Waals surface area contributed by atoms with E-state index in [1.807, 2.05) is 0 Å². The van der Waals surface area contributed by atoms with Gasteiger partial charge in [0.05, 0.1) is 0 Å². The van der Waals surface area contributed by atoms with Gasteiger partial charge in [-0.15, -0.1) is 0 Å². The van der Waals surface area contributed by atoms with Crippen molar-refractivity contribution < 1.29 is 0 Å². The molecule has 0 spiro atoms. The lowest BCUT2D eigenvalue weighted by atomic mass is 9.90. The molecule has 0 radical (unpaired) electrons. The van der Waals surface area contributed by atoms with Crippen molar-refractivity contribution >= 4 is 80.0 Å². The molecule has 2 nitrogen and oxygen atoms in total. The second-order valence-electron chi connectivity index (χ2n) is 17.5. The largest absolute Gasteiger partial charge is 0.310 e. The second-order valence-corrected chi connectivity index (χ2v) is 17.5. The van der Waals surface area contributed by atoms with Gasteiger partial charge >= 0.3 is 0 Å². The molecule has 0 bridgehead atoms. The molecule has 2 aliphatic rings. The van der Waals surface area contributed by atoms with Gasteiger partial charge in [-0.05, 0) is 202 Å². The minimum absolute atomic E-state index is 1.14. The van der Waals surface area contributed by atoms with Gasteiger partial charge in [0.2, 0.25) is 0 Å². The molecule has 0 unspecified atom stereocenters. The average molecular weight is 825 g/mol. The van der Waals surface area contributed by atoms with Gasteiger partial charge in [0, 0.05) is 34.1 Å². The number of nitrogens with zero attached hydrogens (tertiary/aromatic N) is 2. The Balaban J connectivity index is 0.801. The first-order valence-corrected chi connectivity index (χ1v) is 23.2. The van der Waals surface area contributed by atoms with E-state index in [4.69, 9.17) is 0 Å². The van der Waals surface area contributed by atoms with E-state index in [2.05, 4.69) is 228 Å². The number of aryl methyl sites for hydroxylation is 2. The summed E-state index contributed by atoms with van der Waals surface area (Å²) in [6.07, 6.45) is 18.6. The SMILES string of the molecule is C(=Cc1ccc2cc3cc(C=Cc4ccc(N(c5ccccc5)c5cccc6c5CCCC6)cc4)ccc3cc2c1)c1ccc(N(c2ccccc2)c2cccc3c2CCCC3)cc1. The Morgan fingerprint density at radius 2 is 0.656 bits per heavy atom. The zero-order valence-corrected chi connectivity index (χ0v) is 36.3. The zero-order valence-electron chi connectivity index (χ0n) is 36.3. The van der Waals surface area contributed by atoms with E-state index in [1.54, 1.807) is 0 Å². The van der Waals surface area contributed by atoms with Crippen LogP contribution in [-0.4, -0.2) is 0 Å². The standard InChI is InChI=1S/C62H52N2/c1-3-17-55(18-4-1)63(61-23-11-15-49-13-7-9-21-59(49)61)57-37-31-45(32-38-57)25-27-47-29-35-51-44-54-42-48(30-36-52(54)43-53(51)41-47)28-26-46-33-39-58(40-34-46)64(56-19-5-2-6-20-56)62-24-12-16-50-14-8-10-22-60(50)62/h1-6,11-12,15-20,23-44H,7-10,13-14,21-22H2. The topological polar surface area (TPSA) is 6.48 Å². The van der Waals surface area contributed by atoms with Gasteiger partial charge in [-0.2, -0.15) is 0 Å². The van der Waals surface area contributed by atoms with E-state index in [0.717, 1.165) is 12.8 Å². The van der Waals surface area contributed by atoms with Gasteiger partial charge in [0.15, 0.2) is 0 Å². The van der Waals surface area contributed by atoms with Crippen LogP contribution < -0.4 is 9.80 Å². The molecule has 0 fully saturated rings. The molecule has 310 valence electrons. The third-order valence-corrected chi connectivity index (χ3v) is 13.3. The first-order chi connectivity index (χ1) is 31.7. The minimum atomic E-state index is 1.14. The molecule has 0 saturated carbocycles. The molecule has 0 amide bonds. The molecule has 9 aromatic rings. The molecule has 2 heteroatoms. The van der Waals surface area contributed by atoms with Crippen molar-refractivity contribution in [1.82, 2.24) is 0 Å². The normalized spacial score (nSPS) is 13.6.